The van der Waals surface area contributed by atoms with Crippen molar-refractivity contribution < 1.29 is 18.8 Å². The first kappa shape index (κ1) is 14.4. The number of hydrogen-bond acceptors (Lipinski definition) is 3. The van der Waals surface area contributed by atoms with E-state index >= 15 is 0 Å². The van der Waals surface area contributed by atoms with E-state index in [0.717, 1.165) is 12.1 Å². The number of nitrogens with two attached hydrogens (primary N) is 1. The molecule has 2 aromatic rings. The largest absolute Gasteiger partial charge is 0.409 e. The van der Waals surface area contributed by atoms with Crippen molar-refractivity contribution in [3.05, 3.63) is 65.2 Å². The van der Waals surface area contributed by atoms with Crippen LogP contribution in [0.25, 0.3) is 0 Å². The Labute approximate surface area is 118 Å². The molecule has 0 heterocycles. The standard InChI is InChI=1S/C14H11F2N3O2/c15-9-4-5-11(12(16)7-9)14(20)18-10-3-1-2-8(6-10)13(17)19-21/h1-7,21H,(H2,17,19)(H,18,20). The summed E-state index contributed by atoms with van der Waals surface area (Å²) < 4.78 is 26.3. The van der Waals surface area contributed by atoms with Gasteiger partial charge in [0.25, 0.3) is 5.91 Å². The van der Waals surface area contributed by atoms with E-state index in [2.05, 4.69) is 10.5 Å². The van der Waals surface area contributed by atoms with Crippen LogP contribution in [-0.2, 0) is 0 Å². The molecule has 0 atom stereocenters. The molecule has 108 valence electrons. The van der Waals surface area contributed by atoms with E-state index in [1.54, 1.807) is 18.2 Å². The minimum absolute atomic E-state index is 0.126. The minimum atomic E-state index is -0.958. The summed E-state index contributed by atoms with van der Waals surface area (Å²) in [4.78, 5) is 11.9. The summed E-state index contributed by atoms with van der Waals surface area (Å²) in [7, 11) is 0. The van der Waals surface area contributed by atoms with Crippen molar-refractivity contribution in [2.45, 2.75) is 0 Å². The molecule has 0 fully saturated rings. The Morgan fingerprint density at radius 2 is 1.95 bits per heavy atom. The Bertz CT molecular complexity index is 717. The average molecular weight is 291 g/mol. The Kier molecular flexibility index (Phi) is 4.13. The van der Waals surface area contributed by atoms with E-state index in [4.69, 9.17) is 10.9 Å². The lowest BCUT2D eigenvalue weighted by Crippen LogP contribution is -2.16. The summed E-state index contributed by atoms with van der Waals surface area (Å²) >= 11 is 0. The number of halogens is 2. The van der Waals surface area contributed by atoms with Gasteiger partial charge in [-0.15, -0.1) is 0 Å². The summed E-state index contributed by atoms with van der Waals surface area (Å²) in [6.07, 6.45) is 0. The Hall–Kier alpha value is -2.96. The van der Waals surface area contributed by atoms with Gasteiger partial charge < -0.3 is 16.3 Å². The van der Waals surface area contributed by atoms with Crippen LogP contribution < -0.4 is 11.1 Å². The van der Waals surface area contributed by atoms with Crippen LogP contribution in [0, 0.1) is 11.6 Å². The molecule has 0 aliphatic rings. The number of carbonyl (C=O) groups is 1. The zero-order valence-corrected chi connectivity index (χ0v) is 10.7. The topological polar surface area (TPSA) is 87.7 Å². The Balaban J connectivity index is 2.23. The molecule has 5 nitrogen and oxygen atoms in total. The highest BCUT2D eigenvalue weighted by Gasteiger charge is 2.13. The van der Waals surface area contributed by atoms with Gasteiger partial charge in [-0.3, -0.25) is 4.79 Å². The molecule has 0 spiro atoms. The summed E-state index contributed by atoms with van der Waals surface area (Å²) in [5.74, 6) is -2.58. The van der Waals surface area contributed by atoms with E-state index in [0.29, 0.717) is 17.3 Å². The van der Waals surface area contributed by atoms with Crippen molar-refractivity contribution in [1.29, 1.82) is 0 Å². The fourth-order valence-corrected chi connectivity index (χ4v) is 1.69. The van der Waals surface area contributed by atoms with Crippen molar-refractivity contribution in [3.8, 4) is 0 Å². The second-order valence-corrected chi connectivity index (χ2v) is 4.14. The molecule has 0 radical (unpaired) electrons. The Morgan fingerprint density at radius 3 is 2.62 bits per heavy atom. The van der Waals surface area contributed by atoms with Gasteiger partial charge in [0.05, 0.1) is 5.56 Å². The lowest BCUT2D eigenvalue weighted by atomic mass is 10.1. The highest BCUT2D eigenvalue weighted by molar-refractivity contribution is 6.05. The molecular formula is C14H11F2N3O2. The number of carbonyl (C=O) groups excluding carboxylic acids is 1. The molecule has 0 aromatic heterocycles. The normalized spacial score (nSPS) is 11.2. The van der Waals surface area contributed by atoms with Gasteiger partial charge in [-0.25, -0.2) is 8.78 Å². The van der Waals surface area contributed by atoms with Gasteiger partial charge in [0.1, 0.15) is 11.6 Å². The van der Waals surface area contributed by atoms with Crippen molar-refractivity contribution in [1.82, 2.24) is 0 Å². The maximum absolute atomic E-state index is 13.5. The number of amides is 1. The van der Waals surface area contributed by atoms with E-state index in [1.165, 1.54) is 6.07 Å². The van der Waals surface area contributed by atoms with Crippen LogP contribution in [0.4, 0.5) is 14.5 Å². The van der Waals surface area contributed by atoms with Crippen LogP contribution in [0.15, 0.2) is 47.6 Å². The first-order valence-electron chi connectivity index (χ1n) is 5.85. The van der Waals surface area contributed by atoms with Crippen molar-refractivity contribution >= 4 is 17.4 Å². The zero-order chi connectivity index (χ0) is 15.4. The number of rotatable bonds is 3. The van der Waals surface area contributed by atoms with Gasteiger partial charge in [0, 0.05) is 17.3 Å². The quantitative estimate of drug-likeness (QED) is 0.351. The highest BCUT2D eigenvalue weighted by Crippen LogP contribution is 2.15. The molecule has 0 aliphatic carbocycles. The van der Waals surface area contributed by atoms with Gasteiger partial charge in [-0.1, -0.05) is 17.3 Å². The summed E-state index contributed by atoms with van der Waals surface area (Å²) in [6.45, 7) is 0. The van der Waals surface area contributed by atoms with Crippen LogP contribution in [-0.4, -0.2) is 17.0 Å². The predicted octanol–water partition coefficient (Wildman–Crippen LogP) is 2.31. The van der Waals surface area contributed by atoms with Crippen molar-refractivity contribution in [2.24, 2.45) is 10.9 Å². The molecule has 21 heavy (non-hydrogen) atoms. The van der Waals surface area contributed by atoms with Crippen molar-refractivity contribution in [3.63, 3.8) is 0 Å². The van der Waals surface area contributed by atoms with Crippen LogP contribution in [0.2, 0.25) is 0 Å². The number of benzene rings is 2. The first-order valence-corrected chi connectivity index (χ1v) is 5.85. The van der Waals surface area contributed by atoms with Crippen LogP contribution in [0.5, 0.6) is 0 Å². The fourth-order valence-electron chi connectivity index (χ4n) is 1.69. The average Bonchev–Trinajstić information content (AvgIpc) is 2.46. The molecule has 0 aliphatic heterocycles. The van der Waals surface area contributed by atoms with E-state index in [1.807, 2.05) is 0 Å². The molecule has 4 N–H and O–H groups in total. The monoisotopic (exact) mass is 291 g/mol. The summed E-state index contributed by atoms with van der Waals surface area (Å²) in [5, 5.41) is 13.9. The van der Waals surface area contributed by atoms with Crippen molar-refractivity contribution in [2.75, 3.05) is 5.32 Å². The Morgan fingerprint density at radius 1 is 1.19 bits per heavy atom. The molecule has 2 aromatic carbocycles. The minimum Gasteiger partial charge on any atom is -0.409 e. The smallest absolute Gasteiger partial charge is 0.258 e. The second kappa shape index (κ2) is 6.00. The molecule has 0 unspecified atom stereocenters. The highest BCUT2D eigenvalue weighted by atomic mass is 19.1. The summed E-state index contributed by atoms with van der Waals surface area (Å²) in [6, 6.07) is 8.81. The van der Waals surface area contributed by atoms with E-state index in [9.17, 15) is 13.6 Å². The maximum Gasteiger partial charge on any atom is 0.258 e. The SMILES string of the molecule is N/C(=N/O)c1cccc(NC(=O)c2ccc(F)cc2F)c1. The number of amidine groups is 1. The van der Waals surface area contributed by atoms with E-state index < -0.39 is 17.5 Å². The molecule has 7 heteroatoms. The van der Waals surface area contributed by atoms with Crippen LogP contribution >= 0.6 is 0 Å². The molecule has 0 saturated carbocycles. The zero-order valence-electron chi connectivity index (χ0n) is 10.7. The summed E-state index contributed by atoms with van der Waals surface area (Å²) in [5.41, 5.74) is 5.86. The fraction of sp³-hybridized carbons (Fsp3) is 0. The second-order valence-electron chi connectivity index (χ2n) is 4.14. The lowest BCUT2D eigenvalue weighted by Gasteiger charge is -2.07. The third kappa shape index (κ3) is 3.33. The molecule has 2 rings (SSSR count). The molecule has 0 bridgehead atoms. The first-order chi connectivity index (χ1) is 10.0. The maximum atomic E-state index is 13.5. The van der Waals surface area contributed by atoms with E-state index in [-0.39, 0.29) is 11.4 Å². The molecular weight excluding hydrogens is 280 g/mol. The number of anilines is 1. The molecule has 1 amide bonds. The predicted molar refractivity (Wildman–Crippen MR) is 73.3 cm³/mol. The number of oxime groups is 1. The number of nitrogens with one attached hydrogen (secondary N) is 1. The van der Waals surface area contributed by atoms with Gasteiger partial charge in [0.2, 0.25) is 0 Å². The van der Waals surface area contributed by atoms with Gasteiger partial charge in [-0.05, 0) is 24.3 Å². The molecule has 0 saturated heterocycles. The lowest BCUT2D eigenvalue weighted by molar-refractivity contribution is 0.102. The number of hydrogen-bond donors (Lipinski definition) is 3. The van der Waals surface area contributed by atoms with Crippen LogP contribution in [0.3, 0.4) is 0 Å². The third-order valence-corrected chi connectivity index (χ3v) is 2.70. The van der Waals surface area contributed by atoms with Gasteiger partial charge in [-0.2, -0.15) is 0 Å². The number of nitrogens with zero attached hydrogens (tertiary/aromatic N) is 1. The van der Waals surface area contributed by atoms with Crippen LogP contribution in [0.1, 0.15) is 15.9 Å². The third-order valence-electron chi connectivity index (χ3n) is 2.70. The van der Waals surface area contributed by atoms with Gasteiger partial charge >= 0.3 is 0 Å². The van der Waals surface area contributed by atoms with Gasteiger partial charge in [0.15, 0.2) is 5.84 Å².